The van der Waals surface area contributed by atoms with Gasteiger partial charge in [0.25, 0.3) is 0 Å². The largest absolute Gasteiger partial charge is 0.331 e. The highest BCUT2D eigenvalue weighted by Crippen LogP contribution is 2.23. The van der Waals surface area contributed by atoms with Gasteiger partial charge in [0, 0.05) is 10.5 Å². The SMILES string of the molecule is Cc1ccc(NC(=S)NC(=O)/C=C/c2ccc(F)cc2)c(Br)c1. The summed E-state index contributed by atoms with van der Waals surface area (Å²) in [6.45, 7) is 1.98. The maximum absolute atomic E-state index is 12.8. The fourth-order valence-corrected chi connectivity index (χ4v) is 2.58. The van der Waals surface area contributed by atoms with E-state index in [0.717, 1.165) is 21.3 Å². The molecule has 3 nitrogen and oxygen atoms in total. The molecule has 0 unspecified atom stereocenters. The number of thiocarbonyl (C=S) groups is 1. The van der Waals surface area contributed by atoms with Crippen molar-refractivity contribution in [1.82, 2.24) is 5.32 Å². The summed E-state index contributed by atoms with van der Waals surface area (Å²) in [7, 11) is 0. The first-order valence-electron chi connectivity index (χ1n) is 6.76. The molecule has 0 saturated heterocycles. The van der Waals surface area contributed by atoms with E-state index >= 15 is 0 Å². The lowest BCUT2D eigenvalue weighted by atomic mass is 10.2. The topological polar surface area (TPSA) is 41.1 Å². The van der Waals surface area contributed by atoms with Gasteiger partial charge < -0.3 is 5.32 Å². The molecule has 2 aromatic rings. The molecule has 118 valence electrons. The van der Waals surface area contributed by atoms with Crippen LogP contribution in [0.5, 0.6) is 0 Å². The van der Waals surface area contributed by atoms with Gasteiger partial charge in [-0.2, -0.15) is 0 Å². The standard InChI is InChI=1S/C17H14BrFN2OS/c1-11-2-8-15(14(18)10-11)20-17(23)21-16(22)9-5-12-3-6-13(19)7-4-12/h2-10H,1H3,(H2,20,21,22,23)/b9-5+. The highest BCUT2D eigenvalue weighted by Gasteiger charge is 2.04. The number of aryl methyl sites for hydroxylation is 1. The Bertz CT molecular complexity index is 760. The van der Waals surface area contributed by atoms with Crippen LogP contribution in [0.15, 0.2) is 53.0 Å². The van der Waals surface area contributed by atoms with Crippen molar-refractivity contribution in [3.05, 3.63) is 70.0 Å². The summed E-state index contributed by atoms with van der Waals surface area (Å²) < 4.78 is 13.6. The van der Waals surface area contributed by atoms with Crippen molar-refractivity contribution in [3.63, 3.8) is 0 Å². The first-order chi connectivity index (χ1) is 10.9. The molecule has 23 heavy (non-hydrogen) atoms. The first kappa shape index (κ1) is 17.3. The molecule has 0 atom stereocenters. The normalized spacial score (nSPS) is 10.6. The molecule has 0 aliphatic rings. The Balaban J connectivity index is 1.91. The van der Waals surface area contributed by atoms with Crippen molar-refractivity contribution in [2.24, 2.45) is 0 Å². The van der Waals surface area contributed by atoms with Gasteiger partial charge in [0.2, 0.25) is 5.91 Å². The van der Waals surface area contributed by atoms with Gasteiger partial charge in [0.05, 0.1) is 5.69 Å². The molecule has 6 heteroatoms. The number of carbonyl (C=O) groups excluding carboxylic acids is 1. The fraction of sp³-hybridized carbons (Fsp3) is 0.0588. The minimum absolute atomic E-state index is 0.198. The smallest absolute Gasteiger partial charge is 0.250 e. The van der Waals surface area contributed by atoms with Crippen LogP contribution >= 0.6 is 28.1 Å². The number of anilines is 1. The van der Waals surface area contributed by atoms with Crippen LogP contribution in [0.3, 0.4) is 0 Å². The summed E-state index contributed by atoms with van der Waals surface area (Å²) in [4.78, 5) is 11.8. The molecule has 2 N–H and O–H groups in total. The molecule has 0 bridgehead atoms. The highest BCUT2D eigenvalue weighted by molar-refractivity contribution is 9.10. The van der Waals surface area contributed by atoms with Crippen molar-refractivity contribution in [2.75, 3.05) is 5.32 Å². The van der Waals surface area contributed by atoms with Crippen LogP contribution in [-0.2, 0) is 4.79 Å². The summed E-state index contributed by atoms with van der Waals surface area (Å²) >= 11 is 8.53. The van der Waals surface area contributed by atoms with Crippen LogP contribution in [-0.4, -0.2) is 11.0 Å². The third-order valence-electron chi connectivity index (χ3n) is 2.91. The predicted molar refractivity (Wildman–Crippen MR) is 98.7 cm³/mol. The first-order valence-corrected chi connectivity index (χ1v) is 7.96. The third-order valence-corrected chi connectivity index (χ3v) is 3.77. The van der Waals surface area contributed by atoms with Crippen LogP contribution in [0, 0.1) is 12.7 Å². The fourth-order valence-electron chi connectivity index (χ4n) is 1.77. The van der Waals surface area contributed by atoms with E-state index in [1.165, 1.54) is 18.2 Å². The highest BCUT2D eigenvalue weighted by atomic mass is 79.9. The van der Waals surface area contributed by atoms with Gasteiger partial charge in [-0.1, -0.05) is 18.2 Å². The monoisotopic (exact) mass is 392 g/mol. The maximum Gasteiger partial charge on any atom is 0.250 e. The predicted octanol–water partition coefficient (Wildman–Crippen LogP) is 4.42. The zero-order chi connectivity index (χ0) is 16.8. The Hall–Kier alpha value is -2.05. The zero-order valence-electron chi connectivity index (χ0n) is 12.3. The Kier molecular flexibility index (Phi) is 6.01. The number of nitrogens with one attached hydrogen (secondary N) is 2. The number of halogens is 2. The Morgan fingerprint density at radius 2 is 1.91 bits per heavy atom. The van der Waals surface area contributed by atoms with E-state index in [9.17, 15) is 9.18 Å². The third kappa shape index (κ3) is 5.58. The minimum Gasteiger partial charge on any atom is -0.331 e. The summed E-state index contributed by atoms with van der Waals surface area (Å²) in [5.41, 5.74) is 2.60. The van der Waals surface area contributed by atoms with E-state index in [-0.39, 0.29) is 16.8 Å². The van der Waals surface area contributed by atoms with Gasteiger partial charge in [-0.25, -0.2) is 4.39 Å². The number of hydrogen-bond acceptors (Lipinski definition) is 2. The molecule has 1 amide bonds. The second-order valence-electron chi connectivity index (χ2n) is 4.81. The molecule has 2 aromatic carbocycles. The number of hydrogen-bond donors (Lipinski definition) is 2. The van der Waals surface area contributed by atoms with Gasteiger partial charge in [0.15, 0.2) is 5.11 Å². The van der Waals surface area contributed by atoms with E-state index in [1.807, 2.05) is 25.1 Å². The summed E-state index contributed by atoms with van der Waals surface area (Å²) in [6, 6.07) is 11.6. The van der Waals surface area contributed by atoms with E-state index < -0.39 is 0 Å². The molecule has 0 heterocycles. The number of rotatable bonds is 3. The maximum atomic E-state index is 12.8. The lowest BCUT2D eigenvalue weighted by Gasteiger charge is -2.10. The molecule has 0 fully saturated rings. The quantitative estimate of drug-likeness (QED) is 0.599. The van der Waals surface area contributed by atoms with E-state index in [2.05, 4.69) is 26.6 Å². The average molecular weight is 393 g/mol. The number of carbonyl (C=O) groups is 1. The van der Waals surface area contributed by atoms with E-state index in [1.54, 1.807) is 18.2 Å². The molecule has 2 rings (SSSR count). The molecule has 0 aliphatic carbocycles. The molecule has 0 radical (unpaired) electrons. The minimum atomic E-state index is -0.366. The summed E-state index contributed by atoms with van der Waals surface area (Å²) in [5, 5.41) is 5.69. The second kappa shape index (κ2) is 7.99. The average Bonchev–Trinajstić information content (AvgIpc) is 2.49. The molecule has 0 spiro atoms. The Morgan fingerprint density at radius 1 is 1.22 bits per heavy atom. The van der Waals surface area contributed by atoms with Crippen molar-refractivity contribution in [2.45, 2.75) is 6.92 Å². The van der Waals surface area contributed by atoms with Crippen molar-refractivity contribution >= 4 is 50.9 Å². The van der Waals surface area contributed by atoms with Gasteiger partial charge in [-0.05, 0) is 76.5 Å². The summed E-state index contributed by atoms with van der Waals surface area (Å²) in [5.74, 6) is -0.685. The summed E-state index contributed by atoms with van der Waals surface area (Å²) in [6.07, 6.45) is 2.92. The van der Waals surface area contributed by atoms with Crippen LogP contribution < -0.4 is 10.6 Å². The molecule has 0 aliphatic heterocycles. The van der Waals surface area contributed by atoms with E-state index in [4.69, 9.17) is 12.2 Å². The molecular weight excluding hydrogens is 379 g/mol. The Morgan fingerprint density at radius 3 is 2.57 bits per heavy atom. The van der Waals surface area contributed by atoms with Gasteiger partial charge >= 0.3 is 0 Å². The number of amides is 1. The van der Waals surface area contributed by atoms with Crippen LogP contribution in [0.4, 0.5) is 10.1 Å². The number of benzene rings is 2. The molecule has 0 aromatic heterocycles. The van der Waals surface area contributed by atoms with Crippen LogP contribution in [0.25, 0.3) is 6.08 Å². The molecule has 0 saturated carbocycles. The van der Waals surface area contributed by atoms with Gasteiger partial charge in [0.1, 0.15) is 5.82 Å². The van der Waals surface area contributed by atoms with Gasteiger partial charge in [-0.15, -0.1) is 0 Å². The van der Waals surface area contributed by atoms with Gasteiger partial charge in [-0.3, -0.25) is 10.1 Å². The molecular formula is C17H14BrFN2OS. The lowest BCUT2D eigenvalue weighted by Crippen LogP contribution is -2.32. The van der Waals surface area contributed by atoms with E-state index in [0.29, 0.717) is 0 Å². The lowest BCUT2D eigenvalue weighted by molar-refractivity contribution is -0.115. The van der Waals surface area contributed by atoms with Crippen molar-refractivity contribution in [3.8, 4) is 0 Å². The Labute approximate surface area is 147 Å². The van der Waals surface area contributed by atoms with Crippen LogP contribution in [0.2, 0.25) is 0 Å². The van der Waals surface area contributed by atoms with Crippen molar-refractivity contribution in [1.29, 1.82) is 0 Å². The zero-order valence-corrected chi connectivity index (χ0v) is 14.7. The second-order valence-corrected chi connectivity index (χ2v) is 6.07. The van der Waals surface area contributed by atoms with Crippen LogP contribution in [0.1, 0.15) is 11.1 Å². The van der Waals surface area contributed by atoms with Crippen molar-refractivity contribution < 1.29 is 9.18 Å².